The van der Waals surface area contributed by atoms with Crippen molar-refractivity contribution in [2.24, 2.45) is 0 Å². The molecule has 0 spiro atoms. The maximum atomic E-state index is 13.4. The molecule has 1 aliphatic rings. The Hall–Kier alpha value is -4.06. The number of anilines is 1. The highest BCUT2D eigenvalue weighted by atomic mass is 16.6. The number of amides is 2. The molecule has 6 nitrogen and oxygen atoms in total. The van der Waals surface area contributed by atoms with Gasteiger partial charge in [0, 0.05) is 17.2 Å². The van der Waals surface area contributed by atoms with Crippen LogP contribution in [0, 0.1) is 17.0 Å². The molecule has 6 heteroatoms. The lowest BCUT2D eigenvalue weighted by atomic mass is 9.91. The molecular weight excluding hydrogens is 368 g/mol. The summed E-state index contributed by atoms with van der Waals surface area (Å²) in [5, 5.41) is 11.4. The van der Waals surface area contributed by atoms with Crippen LogP contribution in [0.4, 0.5) is 11.4 Å². The van der Waals surface area contributed by atoms with E-state index in [4.69, 9.17) is 0 Å². The molecule has 0 aliphatic carbocycles. The molecule has 0 N–H and O–H groups in total. The van der Waals surface area contributed by atoms with Crippen molar-refractivity contribution in [1.82, 2.24) is 0 Å². The highest BCUT2D eigenvalue weighted by Crippen LogP contribution is 2.34. The Morgan fingerprint density at radius 3 is 2.28 bits per heavy atom. The molecule has 0 saturated heterocycles. The normalized spacial score (nSPS) is 14.8. The minimum atomic E-state index is -0.516. The summed E-state index contributed by atoms with van der Waals surface area (Å²) in [6.07, 6.45) is 1.48. The Kier molecular flexibility index (Phi) is 4.52. The lowest BCUT2D eigenvalue weighted by Crippen LogP contribution is -2.41. The van der Waals surface area contributed by atoms with Crippen LogP contribution in [0.5, 0.6) is 0 Å². The molecule has 3 aromatic carbocycles. The summed E-state index contributed by atoms with van der Waals surface area (Å²) in [6, 6.07) is 20.1. The molecule has 29 heavy (non-hydrogen) atoms. The standard InChI is InChI=1S/C23H16N2O4/c1-15-7-6-9-17(13-15)24-22(26)19-11-4-3-10-18(19)20(23(24)27)14-16-8-2-5-12-21(16)25(28)29/h2-14H,1H3/b20-14-. The fourth-order valence-electron chi connectivity index (χ4n) is 3.43. The maximum absolute atomic E-state index is 13.4. The number of para-hydroxylation sites is 1. The van der Waals surface area contributed by atoms with E-state index in [1.807, 2.05) is 13.0 Å². The van der Waals surface area contributed by atoms with Crippen LogP contribution < -0.4 is 4.90 Å². The van der Waals surface area contributed by atoms with Gasteiger partial charge in [0.2, 0.25) is 0 Å². The van der Waals surface area contributed by atoms with Crippen molar-refractivity contribution in [3.05, 3.63) is 105 Å². The van der Waals surface area contributed by atoms with Crippen LogP contribution in [0.25, 0.3) is 11.6 Å². The average Bonchev–Trinajstić information content (AvgIpc) is 2.71. The highest BCUT2D eigenvalue weighted by molar-refractivity contribution is 6.43. The largest absolute Gasteiger partial charge is 0.276 e. The second-order valence-corrected chi connectivity index (χ2v) is 6.70. The van der Waals surface area contributed by atoms with Gasteiger partial charge in [0.05, 0.1) is 16.2 Å². The van der Waals surface area contributed by atoms with Gasteiger partial charge >= 0.3 is 0 Å². The number of benzene rings is 3. The van der Waals surface area contributed by atoms with Crippen LogP contribution in [0.15, 0.2) is 72.8 Å². The predicted octanol–water partition coefficient (Wildman–Crippen LogP) is 4.63. The quantitative estimate of drug-likeness (QED) is 0.285. The summed E-state index contributed by atoms with van der Waals surface area (Å²) < 4.78 is 0. The number of hydrogen-bond acceptors (Lipinski definition) is 4. The first-order chi connectivity index (χ1) is 14.0. The Balaban J connectivity index is 1.94. The number of hydrogen-bond donors (Lipinski definition) is 0. The van der Waals surface area contributed by atoms with Crippen molar-refractivity contribution in [2.45, 2.75) is 6.92 Å². The summed E-state index contributed by atoms with van der Waals surface area (Å²) >= 11 is 0. The van der Waals surface area contributed by atoms with E-state index in [0.717, 1.165) is 10.5 Å². The molecular formula is C23H16N2O4. The van der Waals surface area contributed by atoms with Crippen molar-refractivity contribution < 1.29 is 14.5 Å². The smallest absolute Gasteiger partial charge is 0.268 e. The van der Waals surface area contributed by atoms with E-state index < -0.39 is 16.7 Å². The highest BCUT2D eigenvalue weighted by Gasteiger charge is 2.36. The lowest BCUT2D eigenvalue weighted by Gasteiger charge is -2.29. The van der Waals surface area contributed by atoms with Gasteiger partial charge in [-0.05, 0) is 48.4 Å². The van der Waals surface area contributed by atoms with Crippen molar-refractivity contribution in [3.8, 4) is 0 Å². The van der Waals surface area contributed by atoms with Crippen molar-refractivity contribution in [1.29, 1.82) is 0 Å². The molecule has 0 fully saturated rings. The first-order valence-electron chi connectivity index (χ1n) is 8.97. The Morgan fingerprint density at radius 1 is 0.862 bits per heavy atom. The third-order valence-corrected chi connectivity index (χ3v) is 4.78. The Labute approximate surface area is 166 Å². The van der Waals surface area contributed by atoms with E-state index in [-0.39, 0.29) is 11.3 Å². The molecule has 142 valence electrons. The van der Waals surface area contributed by atoms with Gasteiger partial charge in [-0.25, -0.2) is 4.90 Å². The van der Waals surface area contributed by atoms with E-state index in [1.165, 1.54) is 12.1 Å². The number of fused-ring (bicyclic) bond motifs is 1. The van der Waals surface area contributed by atoms with Gasteiger partial charge in [0.15, 0.2) is 0 Å². The molecule has 0 atom stereocenters. The topological polar surface area (TPSA) is 80.5 Å². The van der Waals surface area contributed by atoms with Gasteiger partial charge in [0.25, 0.3) is 17.5 Å². The van der Waals surface area contributed by atoms with Crippen LogP contribution in [-0.4, -0.2) is 16.7 Å². The minimum absolute atomic E-state index is 0.107. The number of imide groups is 1. The summed E-state index contributed by atoms with van der Waals surface area (Å²) in [7, 11) is 0. The first-order valence-corrected chi connectivity index (χ1v) is 8.97. The van der Waals surface area contributed by atoms with Crippen LogP contribution >= 0.6 is 0 Å². The van der Waals surface area contributed by atoms with E-state index in [1.54, 1.807) is 60.7 Å². The fraction of sp³-hybridized carbons (Fsp3) is 0.0435. The number of nitro benzene ring substituents is 1. The van der Waals surface area contributed by atoms with Gasteiger partial charge in [0.1, 0.15) is 0 Å². The summed E-state index contributed by atoms with van der Waals surface area (Å²) in [5.41, 5.74) is 2.63. The second kappa shape index (κ2) is 7.16. The van der Waals surface area contributed by atoms with Crippen molar-refractivity contribution in [2.75, 3.05) is 4.90 Å². The molecule has 0 radical (unpaired) electrons. The predicted molar refractivity (Wildman–Crippen MR) is 110 cm³/mol. The van der Waals surface area contributed by atoms with Gasteiger partial charge < -0.3 is 0 Å². The van der Waals surface area contributed by atoms with Gasteiger partial charge in [-0.1, -0.05) is 42.5 Å². The van der Waals surface area contributed by atoms with E-state index in [0.29, 0.717) is 22.4 Å². The van der Waals surface area contributed by atoms with Gasteiger partial charge in [-0.2, -0.15) is 0 Å². The summed E-state index contributed by atoms with van der Waals surface area (Å²) in [5.74, 6) is -0.937. The molecule has 4 rings (SSSR count). The van der Waals surface area contributed by atoms with E-state index in [2.05, 4.69) is 0 Å². The fourth-order valence-corrected chi connectivity index (χ4v) is 3.43. The number of nitro groups is 1. The number of nitrogens with zero attached hydrogens (tertiary/aromatic N) is 2. The zero-order chi connectivity index (χ0) is 20.5. The third kappa shape index (κ3) is 3.21. The number of carbonyl (C=O) groups excluding carboxylic acids is 2. The zero-order valence-electron chi connectivity index (χ0n) is 15.5. The third-order valence-electron chi connectivity index (χ3n) is 4.78. The van der Waals surface area contributed by atoms with Crippen LogP contribution in [0.2, 0.25) is 0 Å². The minimum Gasteiger partial charge on any atom is -0.268 e. The molecule has 0 bridgehead atoms. The number of aryl methyl sites for hydroxylation is 1. The summed E-state index contributed by atoms with van der Waals surface area (Å²) in [4.78, 5) is 38.5. The molecule has 1 aliphatic heterocycles. The molecule has 2 amide bonds. The van der Waals surface area contributed by atoms with E-state index >= 15 is 0 Å². The lowest BCUT2D eigenvalue weighted by molar-refractivity contribution is -0.385. The number of rotatable bonds is 3. The molecule has 0 unspecified atom stereocenters. The van der Waals surface area contributed by atoms with Crippen LogP contribution in [-0.2, 0) is 4.79 Å². The first kappa shape index (κ1) is 18.3. The zero-order valence-corrected chi connectivity index (χ0v) is 15.5. The summed E-state index contributed by atoms with van der Waals surface area (Å²) in [6.45, 7) is 1.88. The average molecular weight is 384 g/mol. The molecule has 0 aromatic heterocycles. The Bertz CT molecular complexity index is 1200. The number of carbonyl (C=O) groups is 2. The second-order valence-electron chi connectivity index (χ2n) is 6.70. The van der Waals surface area contributed by atoms with Crippen LogP contribution in [0.1, 0.15) is 27.0 Å². The monoisotopic (exact) mass is 384 g/mol. The SMILES string of the molecule is Cc1cccc(N2C(=O)/C(=C\c3ccccc3[N+](=O)[O-])c3ccccc3C2=O)c1. The van der Waals surface area contributed by atoms with Crippen LogP contribution in [0.3, 0.4) is 0 Å². The van der Waals surface area contributed by atoms with E-state index in [9.17, 15) is 19.7 Å². The Morgan fingerprint density at radius 2 is 1.55 bits per heavy atom. The molecule has 0 saturated carbocycles. The maximum Gasteiger partial charge on any atom is 0.276 e. The van der Waals surface area contributed by atoms with Crippen molar-refractivity contribution in [3.63, 3.8) is 0 Å². The van der Waals surface area contributed by atoms with Crippen molar-refractivity contribution >= 4 is 34.8 Å². The molecule has 3 aromatic rings. The molecule has 1 heterocycles. The van der Waals surface area contributed by atoms with Gasteiger partial charge in [-0.15, -0.1) is 0 Å². The van der Waals surface area contributed by atoms with Gasteiger partial charge in [-0.3, -0.25) is 19.7 Å².